The van der Waals surface area contributed by atoms with Gasteiger partial charge in [-0.1, -0.05) is 58.1 Å². The van der Waals surface area contributed by atoms with Gasteiger partial charge in [0, 0.05) is 11.8 Å². The summed E-state index contributed by atoms with van der Waals surface area (Å²) in [6.45, 7) is 4.67. The van der Waals surface area contributed by atoms with Crippen LogP contribution in [0.25, 0.3) is 0 Å². The van der Waals surface area contributed by atoms with Crippen LogP contribution in [-0.4, -0.2) is 18.4 Å². The Morgan fingerprint density at radius 3 is 2.17 bits per heavy atom. The summed E-state index contributed by atoms with van der Waals surface area (Å²) in [5.74, 6) is 2.77. The average Bonchev–Trinajstić information content (AvgIpc) is 2.74. The molecule has 2 unspecified atom stereocenters. The molecule has 2 aromatic rings. The third-order valence-corrected chi connectivity index (χ3v) is 5.93. The fraction of sp³-hybridized carbons (Fsp3) is 0.458. The molecule has 0 spiro atoms. The molecule has 1 aliphatic rings. The molecule has 0 amide bonds. The fourth-order valence-electron chi connectivity index (χ4n) is 4.41. The van der Waals surface area contributed by atoms with Gasteiger partial charge >= 0.3 is 35.6 Å². The number of aromatic hydroxyl groups is 1. The van der Waals surface area contributed by atoms with Gasteiger partial charge in [-0.05, 0) is 53.6 Å². The second-order valence-corrected chi connectivity index (χ2v) is 10.5. The molecule has 0 aromatic heterocycles. The quantitative estimate of drug-likeness (QED) is 0.355. The molecule has 0 heterocycles. The van der Waals surface area contributed by atoms with Crippen molar-refractivity contribution in [3.8, 4) is 11.5 Å². The molecule has 3 nitrogen and oxygen atoms in total. The van der Waals surface area contributed by atoms with E-state index in [1.807, 2.05) is 36.4 Å². The molecule has 1 aliphatic carbocycles. The summed E-state index contributed by atoms with van der Waals surface area (Å²) < 4.78 is 5.18. The summed E-state index contributed by atoms with van der Waals surface area (Å²) in [5, 5.41) is 11.0. The molecule has 2 atom stereocenters. The third-order valence-electron chi connectivity index (χ3n) is 5.93. The number of hydrogen-bond acceptors (Lipinski definition) is 3. The fourth-order valence-corrected chi connectivity index (χ4v) is 4.41. The van der Waals surface area contributed by atoms with Crippen molar-refractivity contribution in [1.82, 2.24) is 0 Å². The Bertz CT molecular complexity index is 786. The second-order valence-electron chi connectivity index (χ2n) is 7.93. The van der Waals surface area contributed by atoms with Gasteiger partial charge < -0.3 is 9.84 Å². The summed E-state index contributed by atoms with van der Waals surface area (Å²) in [5.41, 5.74) is 2.70. The first-order valence-electron chi connectivity index (χ1n) is 10.5. The first kappa shape index (κ1) is 25.3. The zero-order valence-corrected chi connectivity index (χ0v) is 21.0. The van der Waals surface area contributed by atoms with Gasteiger partial charge in [-0.3, -0.25) is 4.99 Å². The summed E-state index contributed by atoms with van der Waals surface area (Å²) in [6, 6.07) is 13.7. The summed E-state index contributed by atoms with van der Waals surface area (Å²) >= 11 is -0.556. The van der Waals surface area contributed by atoms with Gasteiger partial charge in [0.15, 0.2) is 0 Å². The number of nitrogens with zero attached hydrogens (tertiary/aromatic N) is 1. The van der Waals surface area contributed by atoms with Crippen molar-refractivity contribution in [3.05, 3.63) is 53.6 Å². The molecule has 1 fully saturated rings. The van der Waals surface area contributed by atoms with E-state index < -0.39 is 17.0 Å². The molecule has 0 bridgehead atoms. The number of halogens is 2. The van der Waals surface area contributed by atoms with Crippen molar-refractivity contribution in [2.45, 2.75) is 51.9 Å². The van der Waals surface area contributed by atoms with Crippen molar-refractivity contribution >= 4 is 30.5 Å². The first-order valence-corrected chi connectivity index (χ1v) is 14.8. The summed E-state index contributed by atoms with van der Waals surface area (Å²) in [6.07, 6.45) is 8.16. The van der Waals surface area contributed by atoms with E-state index in [4.69, 9.17) is 23.3 Å². The van der Waals surface area contributed by atoms with Crippen LogP contribution >= 0.6 is 18.6 Å². The van der Waals surface area contributed by atoms with Gasteiger partial charge in [0.25, 0.3) is 0 Å². The molecule has 30 heavy (non-hydrogen) atoms. The van der Waals surface area contributed by atoms with E-state index in [1.165, 1.54) is 32.1 Å². The Labute approximate surface area is 197 Å². The van der Waals surface area contributed by atoms with Crippen LogP contribution in [0.15, 0.2) is 47.5 Å². The third kappa shape index (κ3) is 7.30. The standard InChI is InChI=1S/C24H31NO2.2ClH.Ti/c1-17-8-5-4-6-9-18(2)23(17)22-11-7-10-19(24(22)26)16-25-20-12-14-21(27-3)15-13-20;;;/h7,10-18,23,26H,4-6,8-9H2,1-3H3;2*1H;/q;;;+2/p-2. The molecule has 2 aromatic carbocycles. The molecule has 6 heteroatoms. The number of rotatable bonds is 4. The molecule has 1 N–H and O–H groups in total. The van der Waals surface area contributed by atoms with E-state index in [0.717, 1.165) is 22.6 Å². The van der Waals surface area contributed by atoms with Crippen molar-refractivity contribution in [2.24, 2.45) is 16.8 Å². The van der Waals surface area contributed by atoms with E-state index in [1.54, 1.807) is 13.3 Å². The summed E-state index contributed by atoms with van der Waals surface area (Å²) in [4.78, 5) is 4.53. The van der Waals surface area contributed by atoms with E-state index >= 15 is 0 Å². The topological polar surface area (TPSA) is 41.8 Å². The molecule has 3 rings (SSSR count). The van der Waals surface area contributed by atoms with Crippen LogP contribution in [0, 0.1) is 11.8 Å². The summed E-state index contributed by atoms with van der Waals surface area (Å²) in [7, 11) is 11.4. The maximum atomic E-state index is 11.0. The van der Waals surface area contributed by atoms with E-state index in [2.05, 4.69) is 24.9 Å². The minimum atomic E-state index is -0.556. The van der Waals surface area contributed by atoms with Crippen LogP contribution in [0.4, 0.5) is 5.69 Å². The van der Waals surface area contributed by atoms with Gasteiger partial charge in [-0.2, -0.15) is 0 Å². The van der Waals surface area contributed by atoms with Gasteiger partial charge in [0.05, 0.1) is 12.8 Å². The Morgan fingerprint density at radius 1 is 1.00 bits per heavy atom. The van der Waals surface area contributed by atoms with Crippen LogP contribution in [0.1, 0.15) is 63.0 Å². The van der Waals surface area contributed by atoms with Crippen LogP contribution in [0.5, 0.6) is 11.5 Å². The van der Waals surface area contributed by atoms with Gasteiger partial charge in [-0.15, -0.1) is 0 Å². The zero-order valence-electron chi connectivity index (χ0n) is 17.9. The normalized spacial score (nSPS) is 21.8. The number of aliphatic imine (C=N–C) groups is 1. The number of hydrogen-bond donors (Lipinski definition) is 1. The first-order chi connectivity index (χ1) is 14.5. The van der Waals surface area contributed by atoms with Crippen molar-refractivity contribution in [1.29, 1.82) is 0 Å². The molecular formula is C24H31Cl2NO2Ti. The van der Waals surface area contributed by atoms with E-state index in [0.29, 0.717) is 23.5 Å². The second kappa shape index (κ2) is 13.4. The minimum absolute atomic E-state index is 0.388. The molecule has 162 valence electrons. The van der Waals surface area contributed by atoms with Gasteiger partial charge in [-0.25, -0.2) is 0 Å². The monoisotopic (exact) mass is 483 g/mol. The molecular weight excluding hydrogens is 453 g/mol. The maximum absolute atomic E-state index is 11.0. The number of benzene rings is 2. The predicted molar refractivity (Wildman–Crippen MR) is 124 cm³/mol. The SMILES string of the molecule is COc1ccc(N=Cc2cccc(C3C(C)CCCCCC3C)c2O)cc1.[Cl][Ti][Cl]. The van der Waals surface area contributed by atoms with Gasteiger partial charge in [0.2, 0.25) is 0 Å². The zero-order chi connectivity index (χ0) is 21.9. The van der Waals surface area contributed by atoms with Crippen molar-refractivity contribution in [2.75, 3.05) is 7.11 Å². The molecule has 1 saturated carbocycles. The average molecular weight is 484 g/mol. The Morgan fingerprint density at radius 2 is 1.60 bits per heavy atom. The number of para-hydroxylation sites is 1. The van der Waals surface area contributed by atoms with Crippen LogP contribution in [0.2, 0.25) is 0 Å². The molecule has 0 saturated heterocycles. The predicted octanol–water partition coefficient (Wildman–Crippen LogP) is 7.85. The Balaban J connectivity index is 0.00000101. The number of phenols is 1. The molecule has 0 aliphatic heterocycles. The number of ether oxygens (including phenoxy) is 1. The molecule has 0 radical (unpaired) electrons. The number of methoxy groups -OCH3 is 1. The van der Waals surface area contributed by atoms with Crippen molar-refractivity contribution in [3.63, 3.8) is 0 Å². The Hall–Kier alpha value is -0.996. The van der Waals surface area contributed by atoms with E-state index in [9.17, 15) is 5.11 Å². The van der Waals surface area contributed by atoms with Gasteiger partial charge in [0.1, 0.15) is 11.5 Å². The Kier molecular flexibility index (Phi) is 11.3. The van der Waals surface area contributed by atoms with Crippen LogP contribution < -0.4 is 4.74 Å². The van der Waals surface area contributed by atoms with Crippen LogP contribution in [-0.2, 0) is 17.0 Å². The van der Waals surface area contributed by atoms with Crippen LogP contribution in [0.3, 0.4) is 0 Å². The van der Waals surface area contributed by atoms with E-state index in [-0.39, 0.29) is 0 Å². The van der Waals surface area contributed by atoms with Crippen molar-refractivity contribution < 1.29 is 26.9 Å². The number of phenolic OH excluding ortho intramolecular Hbond substituents is 1.